The van der Waals surface area contributed by atoms with Crippen molar-refractivity contribution in [3.8, 4) is 0 Å². The standard InChI is InChI=1S/C21H27FN4O/c1-2-10-24-21(27)17-5-3-4-15(11-17)12-23-13-18-14-25-26-20(18)16-6-8-19(22)9-7-16/h3-9,11,18,20,23,25-26H,2,10,12-14H2,1H3,(H,24,27). The Labute approximate surface area is 159 Å². The number of halogens is 1. The number of hydrazine groups is 1. The zero-order valence-electron chi connectivity index (χ0n) is 15.6. The minimum atomic E-state index is -0.220. The Balaban J connectivity index is 1.53. The van der Waals surface area contributed by atoms with Gasteiger partial charge < -0.3 is 10.6 Å². The number of nitrogens with one attached hydrogen (secondary N) is 4. The Bertz CT molecular complexity index is 750. The number of rotatable bonds is 8. The van der Waals surface area contributed by atoms with Gasteiger partial charge in [-0.25, -0.2) is 9.82 Å². The Morgan fingerprint density at radius 3 is 2.81 bits per heavy atom. The molecule has 0 saturated carbocycles. The van der Waals surface area contributed by atoms with E-state index in [0.717, 1.165) is 30.6 Å². The van der Waals surface area contributed by atoms with Gasteiger partial charge >= 0.3 is 0 Å². The third-order valence-electron chi connectivity index (χ3n) is 4.78. The van der Waals surface area contributed by atoms with E-state index in [1.54, 1.807) is 0 Å². The molecule has 2 aromatic rings. The van der Waals surface area contributed by atoms with Gasteiger partial charge in [0, 0.05) is 37.7 Å². The molecular formula is C21H27FN4O. The maximum Gasteiger partial charge on any atom is 0.251 e. The predicted molar refractivity (Wildman–Crippen MR) is 105 cm³/mol. The fraction of sp³-hybridized carbons (Fsp3) is 0.381. The molecule has 144 valence electrons. The summed E-state index contributed by atoms with van der Waals surface area (Å²) >= 11 is 0. The number of hydrogen-bond donors (Lipinski definition) is 4. The van der Waals surface area contributed by atoms with Crippen molar-refractivity contribution in [3.05, 3.63) is 71.0 Å². The lowest BCUT2D eigenvalue weighted by atomic mass is 9.95. The van der Waals surface area contributed by atoms with Crippen LogP contribution in [0.15, 0.2) is 48.5 Å². The van der Waals surface area contributed by atoms with Crippen LogP contribution in [0.4, 0.5) is 4.39 Å². The molecule has 1 aliphatic rings. The van der Waals surface area contributed by atoms with Crippen molar-refractivity contribution in [2.45, 2.75) is 25.9 Å². The lowest BCUT2D eigenvalue weighted by Crippen LogP contribution is -2.28. The molecule has 1 fully saturated rings. The van der Waals surface area contributed by atoms with Crippen LogP contribution in [-0.2, 0) is 6.54 Å². The van der Waals surface area contributed by atoms with Crippen molar-refractivity contribution >= 4 is 5.91 Å². The van der Waals surface area contributed by atoms with E-state index in [-0.39, 0.29) is 17.8 Å². The number of carbonyl (C=O) groups is 1. The van der Waals surface area contributed by atoms with E-state index in [1.165, 1.54) is 12.1 Å². The van der Waals surface area contributed by atoms with E-state index in [0.29, 0.717) is 24.6 Å². The Morgan fingerprint density at radius 2 is 2.04 bits per heavy atom. The van der Waals surface area contributed by atoms with E-state index in [1.807, 2.05) is 43.3 Å². The highest BCUT2D eigenvalue weighted by atomic mass is 19.1. The molecule has 1 aliphatic heterocycles. The topological polar surface area (TPSA) is 65.2 Å². The highest BCUT2D eigenvalue weighted by Gasteiger charge is 2.27. The molecule has 2 unspecified atom stereocenters. The first-order valence-corrected chi connectivity index (χ1v) is 9.49. The zero-order chi connectivity index (χ0) is 19.1. The molecule has 2 atom stereocenters. The average Bonchev–Trinajstić information content (AvgIpc) is 3.15. The van der Waals surface area contributed by atoms with Gasteiger partial charge in [0.25, 0.3) is 5.91 Å². The van der Waals surface area contributed by atoms with Crippen molar-refractivity contribution < 1.29 is 9.18 Å². The van der Waals surface area contributed by atoms with E-state index >= 15 is 0 Å². The minimum absolute atomic E-state index is 0.0285. The third-order valence-corrected chi connectivity index (χ3v) is 4.78. The second-order valence-corrected chi connectivity index (χ2v) is 6.90. The van der Waals surface area contributed by atoms with Crippen molar-refractivity contribution in [1.82, 2.24) is 21.5 Å². The Kier molecular flexibility index (Phi) is 6.92. The van der Waals surface area contributed by atoms with Crippen LogP contribution in [0.25, 0.3) is 0 Å². The number of amides is 1. The number of benzene rings is 2. The molecule has 3 rings (SSSR count). The fourth-order valence-electron chi connectivity index (χ4n) is 3.32. The van der Waals surface area contributed by atoms with E-state index in [9.17, 15) is 9.18 Å². The summed E-state index contributed by atoms with van der Waals surface area (Å²) in [7, 11) is 0. The minimum Gasteiger partial charge on any atom is -0.352 e. The van der Waals surface area contributed by atoms with Gasteiger partial charge in [0.15, 0.2) is 0 Å². The highest BCUT2D eigenvalue weighted by molar-refractivity contribution is 5.94. The van der Waals surface area contributed by atoms with Gasteiger partial charge in [0.05, 0.1) is 6.04 Å². The zero-order valence-corrected chi connectivity index (χ0v) is 15.6. The Morgan fingerprint density at radius 1 is 1.22 bits per heavy atom. The molecule has 1 heterocycles. The molecule has 1 amide bonds. The van der Waals surface area contributed by atoms with Crippen LogP contribution in [0, 0.1) is 11.7 Å². The molecule has 0 aliphatic carbocycles. The van der Waals surface area contributed by atoms with Gasteiger partial charge in [-0.05, 0) is 41.8 Å². The van der Waals surface area contributed by atoms with Gasteiger partial charge in [-0.3, -0.25) is 10.2 Å². The lowest BCUT2D eigenvalue weighted by Gasteiger charge is -2.19. The smallest absolute Gasteiger partial charge is 0.251 e. The summed E-state index contributed by atoms with van der Waals surface area (Å²) in [6, 6.07) is 14.5. The second kappa shape index (κ2) is 9.60. The lowest BCUT2D eigenvalue weighted by molar-refractivity contribution is 0.0953. The molecule has 6 heteroatoms. The molecule has 5 nitrogen and oxygen atoms in total. The SMILES string of the molecule is CCCNC(=O)c1cccc(CNCC2CNNC2c2ccc(F)cc2)c1. The van der Waals surface area contributed by atoms with Crippen LogP contribution in [0.5, 0.6) is 0 Å². The molecule has 0 spiro atoms. The molecule has 27 heavy (non-hydrogen) atoms. The molecule has 2 aromatic carbocycles. The van der Waals surface area contributed by atoms with Crippen molar-refractivity contribution in [2.24, 2.45) is 5.92 Å². The fourth-order valence-corrected chi connectivity index (χ4v) is 3.32. The van der Waals surface area contributed by atoms with Gasteiger partial charge in [-0.15, -0.1) is 0 Å². The summed E-state index contributed by atoms with van der Waals surface area (Å²) in [4.78, 5) is 12.1. The summed E-state index contributed by atoms with van der Waals surface area (Å²) in [6.07, 6.45) is 0.922. The Hall–Kier alpha value is -2.28. The summed E-state index contributed by atoms with van der Waals surface area (Å²) in [5, 5.41) is 6.38. The monoisotopic (exact) mass is 370 g/mol. The molecule has 0 aromatic heterocycles. The maximum absolute atomic E-state index is 13.1. The van der Waals surface area contributed by atoms with E-state index < -0.39 is 0 Å². The summed E-state index contributed by atoms with van der Waals surface area (Å²) in [6.45, 7) is 5.07. The quantitative estimate of drug-likeness (QED) is 0.577. The summed E-state index contributed by atoms with van der Waals surface area (Å²) in [5.74, 6) is 0.105. The molecule has 0 bridgehead atoms. The van der Waals surface area contributed by atoms with Crippen LogP contribution >= 0.6 is 0 Å². The summed E-state index contributed by atoms with van der Waals surface area (Å²) in [5.41, 5.74) is 9.30. The van der Waals surface area contributed by atoms with E-state index in [4.69, 9.17) is 0 Å². The normalized spacial score (nSPS) is 19.2. The van der Waals surface area contributed by atoms with Crippen LogP contribution in [0.3, 0.4) is 0 Å². The van der Waals surface area contributed by atoms with Gasteiger partial charge in [0.1, 0.15) is 5.82 Å². The first-order chi connectivity index (χ1) is 13.2. The van der Waals surface area contributed by atoms with Crippen molar-refractivity contribution in [2.75, 3.05) is 19.6 Å². The van der Waals surface area contributed by atoms with Crippen LogP contribution in [-0.4, -0.2) is 25.5 Å². The van der Waals surface area contributed by atoms with Crippen LogP contribution < -0.4 is 21.5 Å². The predicted octanol–water partition coefficient (Wildman–Crippen LogP) is 2.52. The van der Waals surface area contributed by atoms with E-state index in [2.05, 4.69) is 21.5 Å². The molecule has 0 radical (unpaired) electrons. The van der Waals surface area contributed by atoms with Gasteiger partial charge in [-0.2, -0.15) is 0 Å². The molecule has 4 N–H and O–H groups in total. The van der Waals surface area contributed by atoms with Crippen LogP contribution in [0.2, 0.25) is 0 Å². The summed E-state index contributed by atoms with van der Waals surface area (Å²) < 4.78 is 13.1. The average molecular weight is 370 g/mol. The number of hydrogen-bond acceptors (Lipinski definition) is 4. The van der Waals surface area contributed by atoms with Gasteiger partial charge in [-0.1, -0.05) is 31.2 Å². The van der Waals surface area contributed by atoms with Crippen molar-refractivity contribution in [3.63, 3.8) is 0 Å². The first kappa shape index (κ1) is 19.5. The maximum atomic E-state index is 13.1. The molecule has 1 saturated heterocycles. The van der Waals surface area contributed by atoms with Crippen molar-refractivity contribution in [1.29, 1.82) is 0 Å². The molecular weight excluding hydrogens is 343 g/mol. The van der Waals surface area contributed by atoms with Gasteiger partial charge in [0.2, 0.25) is 0 Å². The van der Waals surface area contributed by atoms with Crippen LogP contribution in [0.1, 0.15) is 40.9 Å². The highest BCUT2D eigenvalue weighted by Crippen LogP contribution is 2.24. The third kappa shape index (κ3) is 5.35. The first-order valence-electron chi connectivity index (χ1n) is 9.49. The largest absolute Gasteiger partial charge is 0.352 e. The second-order valence-electron chi connectivity index (χ2n) is 6.90. The number of carbonyl (C=O) groups excluding carboxylic acids is 1.